The summed E-state index contributed by atoms with van der Waals surface area (Å²) in [5.41, 5.74) is 0. The summed E-state index contributed by atoms with van der Waals surface area (Å²) in [7, 11) is -3.53. The molecular formula is C11H14Cl3NO3S. The van der Waals surface area contributed by atoms with Gasteiger partial charge in [0.2, 0.25) is 10.0 Å². The van der Waals surface area contributed by atoms with Crippen molar-refractivity contribution in [3.63, 3.8) is 0 Å². The van der Waals surface area contributed by atoms with E-state index in [2.05, 4.69) is 0 Å². The van der Waals surface area contributed by atoms with Crippen molar-refractivity contribution in [2.24, 2.45) is 11.1 Å². The van der Waals surface area contributed by atoms with Crippen molar-refractivity contribution >= 4 is 44.8 Å². The van der Waals surface area contributed by atoms with Crippen LogP contribution in [0.4, 0.5) is 0 Å². The predicted molar refractivity (Wildman–Crippen MR) is 78.7 cm³/mol. The third kappa shape index (κ3) is 5.75. The molecular weight excluding hydrogens is 333 g/mol. The van der Waals surface area contributed by atoms with Gasteiger partial charge in [-0.1, -0.05) is 41.7 Å². The normalized spacial score (nSPS) is 13.3. The van der Waals surface area contributed by atoms with Crippen LogP contribution in [-0.2, 0) is 10.0 Å². The largest absolute Gasteiger partial charge is 0.490 e. The minimum atomic E-state index is -3.53. The first-order chi connectivity index (χ1) is 8.73. The second-order valence-electron chi connectivity index (χ2n) is 4.11. The third-order valence-electron chi connectivity index (χ3n) is 2.47. The third-order valence-corrected chi connectivity index (χ3v) is 4.19. The van der Waals surface area contributed by atoms with E-state index >= 15 is 0 Å². The first-order valence-corrected chi connectivity index (χ1v) is 8.35. The maximum absolute atomic E-state index is 11.0. The van der Waals surface area contributed by atoms with E-state index in [1.165, 1.54) is 12.1 Å². The monoisotopic (exact) mass is 345 g/mol. The molecule has 108 valence electrons. The zero-order valence-corrected chi connectivity index (χ0v) is 13.3. The van der Waals surface area contributed by atoms with E-state index in [-0.39, 0.29) is 28.3 Å². The molecule has 1 unspecified atom stereocenters. The fraction of sp³-hybridized carbons (Fsp3) is 0.455. The molecule has 1 aromatic carbocycles. The molecule has 0 saturated heterocycles. The molecule has 0 fully saturated rings. The molecule has 2 N–H and O–H groups in total. The molecule has 0 heterocycles. The highest BCUT2D eigenvalue weighted by Gasteiger charge is 2.17. The summed E-state index contributed by atoms with van der Waals surface area (Å²) >= 11 is 17.7. The topological polar surface area (TPSA) is 69.4 Å². The zero-order valence-electron chi connectivity index (χ0n) is 10.2. The van der Waals surface area contributed by atoms with Crippen LogP contribution >= 0.6 is 34.8 Å². The van der Waals surface area contributed by atoms with Gasteiger partial charge < -0.3 is 4.74 Å². The first-order valence-electron chi connectivity index (χ1n) is 5.50. The number of hydrogen-bond donors (Lipinski definition) is 1. The summed E-state index contributed by atoms with van der Waals surface area (Å²) in [6, 6.07) is 3.01. The van der Waals surface area contributed by atoms with Crippen LogP contribution in [0, 0.1) is 5.92 Å². The molecule has 0 saturated carbocycles. The maximum Gasteiger partial charge on any atom is 0.209 e. The zero-order chi connectivity index (χ0) is 14.6. The summed E-state index contributed by atoms with van der Waals surface area (Å²) in [5.74, 6) is -0.0785. The SMILES string of the molecule is CCC(COc1c(Cl)cc(Cl)cc1Cl)CS(N)(=O)=O. The lowest BCUT2D eigenvalue weighted by Gasteiger charge is -2.16. The minimum Gasteiger partial charge on any atom is -0.490 e. The van der Waals surface area contributed by atoms with Crippen molar-refractivity contribution < 1.29 is 13.2 Å². The van der Waals surface area contributed by atoms with Crippen molar-refractivity contribution in [3.8, 4) is 5.75 Å². The van der Waals surface area contributed by atoms with Gasteiger partial charge in [0.15, 0.2) is 5.75 Å². The second-order valence-corrected chi connectivity index (χ2v) is 7.02. The molecule has 0 aliphatic carbocycles. The lowest BCUT2D eigenvalue weighted by molar-refractivity contribution is 0.258. The molecule has 0 amide bonds. The fourth-order valence-electron chi connectivity index (χ4n) is 1.48. The van der Waals surface area contributed by atoms with Gasteiger partial charge in [0.1, 0.15) is 0 Å². The number of primary sulfonamides is 1. The highest BCUT2D eigenvalue weighted by Crippen LogP contribution is 2.36. The van der Waals surface area contributed by atoms with E-state index in [9.17, 15) is 8.42 Å². The van der Waals surface area contributed by atoms with Crippen molar-refractivity contribution in [2.75, 3.05) is 12.4 Å². The molecule has 19 heavy (non-hydrogen) atoms. The van der Waals surface area contributed by atoms with Crippen LogP contribution in [0.1, 0.15) is 13.3 Å². The van der Waals surface area contributed by atoms with Gasteiger partial charge in [-0.3, -0.25) is 0 Å². The smallest absolute Gasteiger partial charge is 0.209 e. The van der Waals surface area contributed by atoms with Crippen LogP contribution in [0.25, 0.3) is 0 Å². The van der Waals surface area contributed by atoms with Gasteiger partial charge in [0, 0.05) is 10.9 Å². The average Bonchev–Trinajstić information content (AvgIpc) is 2.24. The quantitative estimate of drug-likeness (QED) is 0.859. The molecule has 0 aliphatic heterocycles. The van der Waals surface area contributed by atoms with Gasteiger partial charge in [0.25, 0.3) is 0 Å². The number of nitrogens with two attached hydrogens (primary N) is 1. The Morgan fingerprint density at radius 1 is 1.26 bits per heavy atom. The second kappa shape index (κ2) is 6.99. The molecule has 0 spiro atoms. The van der Waals surface area contributed by atoms with Gasteiger partial charge in [-0.25, -0.2) is 13.6 Å². The van der Waals surface area contributed by atoms with Crippen LogP contribution in [0.15, 0.2) is 12.1 Å². The molecule has 0 aliphatic rings. The predicted octanol–water partition coefficient (Wildman–Crippen LogP) is 3.34. The van der Waals surface area contributed by atoms with E-state index < -0.39 is 10.0 Å². The van der Waals surface area contributed by atoms with Crippen LogP contribution in [-0.4, -0.2) is 20.8 Å². The highest BCUT2D eigenvalue weighted by molar-refractivity contribution is 7.89. The summed E-state index contributed by atoms with van der Waals surface area (Å²) in [6.07, 6.45) is 0.610. The molecule has 1 rings (SSSR count). The molecule has 8 heteroatoms. The standard InChI is InChI=1S/C11H14Cl3NO3S/c1-2-7(6-19(15,16)17)5-18-11-9(13)3-8(12)4-10(11)14/h3-4,7H,2,5-6H2,1H3,(H2,15,16,17). The molecule has 0 radical (unpaired) electrons. The van der Waals surface area contributed by atoms with Gasteiger partial charge in [-0.05, 0) is 18.6 Å². The Morgan fingerprint density at radius 3 is 2.21 bits per heavy atom. The van der Waals surface area contributed by atoms with Crippen molar-refractivity contribution in [3.05, 3.63) is 27.2 Å². The summed E-state index contributed by atoms with van der Waals surface area (Å²) < 4.78 is 27.6. The number of ether oxygens (including phenoxy) is 1. The van der Waals surface area contributed by atoms with Crippen molar-refractivity contribution in [2.45, 2.75) is 13.3 Å². The first kappa shape index (κ1) is 16.9. The Bertz CT molecular complexity index is 525. The van der Waals surface area contributed by atoms with E-state index in [1.807, 2.05) is 6.92 Å². The Kier molecular flexibility index (Phi) is 6.20. The van der Waals surface area contributed by atoms with Crippen LogP contribution < -0.4 is 9.88 Å². The molecule has 0 bridgehead atoms. The van der Waals surface area contributed by atoms with Crippen molar-refractivity contribution in [1.82, 2.24) is 0 Å². The van der Waals surface area contributed by atoms with Crippen LogP contribution in [0.3, 0.4) is 0 Å². The Balaban J connectivity index is 2.76. The minimum absolute atomic E-state index is 0.147. The Hall–Kier alpha value is -0.200. The Morgan fingerprint density at radius 2 is 1.79 bits per heavy atom. The van der Waals surface area contributed by atoms with Gasteiger partial charge in [0.05, 0.1) is 22.4 Å². The lowest BCUT2D eigenvalue weighted by Crippen LogP contribution is -2.26. The summed E-state index contributed by atoms with van der Waals surface area (Å²) in [4.78, 5) is 0. The van der Waals surface area contributed by atoms with E-state index in [0.29, 0.717) is 17.2 Å². The van der Waals surface area contributed by atoms with Gasteiger partial charge >= 0.3 is 0 Å². The number of benzene rings is 1. The number of hydrogen-bond acceptors (Lipinski definition) is 3. The molecule has 4 nitrogen and oxygen atoms in total. The van der Waals surface area contributed by atoms with E-state index in [0.717, 1.165) is 0 Å². The lowest BCUT2D eigenvalue weighted by atomic mass is 10.1. The maximum atomic E-state index is 11.0. The molecule has 1 aromatic rings. The number of rotatable bonds is 6. The van der Waals surface area contributed by atoms with E-state index in [4.69, 9.17) is 44.7 Å². The van der Waals surface area contributed by atoms with Crippen molar-refractivity contribution in [1.29, 1.82) is 0 Å². The molecule has 0 aromatic heterocycles. The summed E-state index contributed by atoms with van der Waals surface area (Å²) in [5, 5.41) is 5.97. The molecule has 1 atom stereocenters. The highest BCUT2D eigenvalue weighted by atomic mass is 35.5. The number of sulfonamides is 1. The van der Waals surface area contributed by atoms with Gasteiger partial charge in [-0.2, -0.15) is 0 Å². The van der Waals surface area contributed by atoms with Crippen LogP contribution in [0.2, 0.25) is 15.1 Å². The Labute approximate surface area is 127 Å². The fourth-order valence-corrected chi connectivity index (χ4v) is 3.40. The summed E-state index contributed by atoms with van der Waals surface area (Å²) in [6.45, 7) is 2.01. The number of halogens is 3. The average molecular weight is 347 g/mol. The van der Waals surface area contributed by atoms with Gasteiger partial charge in [-0.15, -0.1) is 0 Å². The van der Waals surface area contributed by atoms with Crippen LogP contribution in [0.5, 0.6) is 5.75 Å². The van der Waals surface area contributed by atoms with E-state index in [1.54, 1.807) is 0 Å².